The first-order chi connectivity index (χ1) is 13.4. The molecule has 0 aliphatic rings. The number of rotatable bonds is 2. The van der Waals surface area contributed by atoms with Gasteiger partial charge in [-0.15, -0.1) is 0 Å². The van der Waals surface area contributed by atoms with Crippen LogP contribution in [0.2, 0.25) is 0 Å². The van der Waals surface area contributed by atoms with Crippen LogP contribution in [0.5, 0.6) is 0 Å². The Kier molecular flexibility index (Phi) is 4.04. The number of nitrogens with zero attached hydrogens (tertiary/aromatic N) is 5. The van der Waals surface area contributed by atoms with Gasteiger partial charge in [-0.3, -0.25) is 9.38 Å². The van der Waals surface area contributed by atoms with Crippen molar-refractivity contribution in [2.45, 2.75) is 6.18 Å². The molecular formula is C19H9F4N5. The Balaban J connectivity index is 1.86. The molecular weight excluding hydrogens is 374 g/mol. The molecule has 0 radical (unpaired) electrons. The Morgan fingerprint density at radius 1 is 1.07 bits per heavy atom. The molecule has 138 valence electrons. The van der Waals surface area contributed by atoms with Crippen molar-refractivity contribution in [1.82, 2.24) is 19.4 Å². The molecule has 0 fully saturated rings. The fourth-order valence-corrected chi connectivity index (χ4v) is 2.82. The van der Waals surface area contributed by atoms with E-state index in [1.165, 1.54) is 47.3 Å². The SMILES string of the molecule is N#Cc1cccnc1-c1cc(-c2cnc3nc(C(F)(F)F)ccn23)ccc1F. The van der Waals surface area contributed by atoms with Gasteiger partial charge in [0.2, 0.25) is 5.78 Å². The Labute approximate surface area is 155 Å². The number of benzene rings is 1. The van der Waals surface area contributed by atoms with Crippen LogP contribution in [0, 0.1) is 17.1 Å². The zero-order chi connectivity index (χ0) is 19.9. The smallest absolute Gasteiger partial charge is 0.284 e. The van der Waals surface area contributed by atoms with Crippen molar-refractivity contribution >= 4 is 5.78 Å². The molecule has 0 aliphatic heterocycles. The van der Waals surface area contributed by atoms with E-state index in [1.807, 2.05) is 6.07 Å². The highest BCUT2D eigenvalue weighted by molar-refractivity contribution is 5.74. The van der Waals surface area contributed by atoms with Gasteiger partial charge in [0, 0.05) is 23.5 Å². The fraction of sp³-hybridized carbons (Fsp3) is 0.0526. The monoisotopic (exact) mass is 383 g/mol. The van der Waals surface area contributed by atoms with Crippen LogP contribution in [0.15, 0.2) is 55.0 Å². The number of halogens is 4. The Bertz CT molecular complexity index is 1240. The molecule has 0 N–H and O–H groups in total. The van der Waals surface area contributed by atoms with E-state index in [0.29, 0.717) is 11.3 Å². The lowest BCUT2D eigenvalue weighted by Crippen LogP contribution is -2.09. The molecule has 4 rings (SSSR count). The number of imidazole rings is 1. The van der Waals surface area contributed by atoms with Crippen LogP contribution in [0.1, 0.15) is 11.3 Å². The summed E-state index contributed by atoms with van der Waals surface area (Å²) in [4.78, 5) is 11.5. The lowest BCUT2D eigenvalue weighted by Gasteiger charge is -2.09. The Hall–Kier alpha value is -3.80. The highest BCUT2D eigenvalue weighted by Crippen LogP contribution is 2.31. The summed E-state index contributed by atoms with van der Waals surface area (Å²) in [7, 11) is 0. The molecule has 28 heavy (non-hydrogen) atoms. The number of fused-ring (bicyclic) bond motifs is 1. The molecule has 3 aromatic heterocycles. The van der Waals surface area contributed by atoms with Crippen LogP contribution in [-0.2, 0) is 6.18 Å². The van der Waals surface area contributed by atoms with Gasteiger partial charge >= 0.3 is 6.18 Å². The molecule has 0 aliphatic carbocycles. The zero-order valence-corrected chi connectivity index (χ0v) is 13.9. The summed E-state index contributed by atoms with van der Waals surface area (Å²) in [5.41, 5.74) is 0.337. The van der Waals surface area contributed by atoms with Gasteiger partial charge in [0.15, 0.2) is 0 Å². The van der Waals surface area contributed by atoms with Gasteiger partial charge in [0.25, 0.3) is 0 Å². The van der Waals surface area contributed by atoms with E-state index in [9.17, 15) is 22.8 Å². The molecule has 4 aromatic rings. The first-order valence-electron chi connectivity index (χ1n) is 7.95. The minimum atomic E-state index is -4.58. The Morgan fingerprint density at radius 2 is 1.89 bits per heavy atom. The number of hydrogen-bond acceptors (Lipinski definition) is 4. The van der Waals surface area contributed by atoms with Crippen molar-refractivity contribution in [3.8, 4) is 28.6 Å². The van der Waals surface area contributed by atoms with Crippen molar-refractivity contribution < 1.29 is 17.6 Å². The van der Waals surface area contributed by atoms with E-state index in [4.69, 9.17) is 0 Å². The summed E-state index contributed by atoms with van der Waals surface area (Å²) < 4.78 is 54.3. The lowest BCUT2D eigenvalue weighted by atomic mass is 10.0. The van der Waals surface area contributed by atoms with Crippen molar-refractivity contribution in [1.29, 1.82) is 5.26 Å². The molecule has 1 aromatic carbocycles. The van der Waals surface area contributed by atoms with Crippen molar-refractivity contribution in [2.75, 3.05) is 0 Å². The molecule has 0 amide bonds. The average Bonchev–Trinajstić information content (AvgIpc) is 3.11. The summed E-state index contributed by atoms with van der Waals surface area (Å²) in [6.45, 7) is 0. The van der Waals surface area contributed by atoms with Gasteiger partial charge in [0.1, 0.15) is 17.6 Å². The van der Waals surface area contributed by atoms with Crippen LogP contribution in [0.25, 0.3) is 28.3 Å². The second-order valence-electron chi connectivity index (χ2n) is 5.83. The largest absolute Gasteiger partial charge is 0.433 e. The van der Waals surface area contributed by atoms with Crippen LogP contribution in [-0.4, -0.2) is 19.4 Å². The van der Waals surface area contributed by atoms with E-state index in [1.54, 1.807) is 6.07 Å². The first kappa shape index (κ1) is 17.6. The van der Waals surface area contributed by atoms with Crippen LogP contribution < -0.4 is 0 Å². The highest BCUT2D eigenvalue weighted by atomic mass is 19.4. The van der Waals surface area contributed by atoms with Gasteiger partial charge < -0.3 is 0 Å². The van der Waals surface area contributed by atoms with Crippen LogP contribution in [0.4, 0.5) is 17.6 Å². The molecule has 0 bridgehead atoms. The summed E-state index contributed by atoms with van der Waals surface area (Å²) >= 11 is 0. The summed E-state index contributed by atoms with van der Waals surface area (Å²) in [6.07, 6.45) is -0.580. The van der Waals surface area contributed by atoms with E-state index >= 15 is 0 Å². The normalized spacial score (nSPS) is 11.5. The van der Waals surface area contributed by atoms with Crippen molar-refractivity contribution in [3.63, 3.8) is 0 Å². The maximum Gasteiger partial charge on any atom is 0.433 e. The van der Waals surface area contributed by atoms with Gasteiger partial charge in [-0.2, -0.15) is 18.4 Å². The van der Waals surface area contributed by atoms with Gasteiger partial charge in [-0.1, -0.05) is 0 Å². The summed E-state index contributed by atoms with van der Waals surface area (Å²) in [5.74, 6) is -0.712. The zero-order valence-electron chi connectivity index (χ0n) is 13.9. The van der Waals surface area contributed by atoms with E-state index < -0.39 is 17.7 Å². The molecule has 0 saturated carbocycles. The molecule has 3 heterocycles. The molecule has 0 saturated heterocycles. The minimum absolute atomic E-state index is 0.101. The second-order valence-corrected chi connectivity index (χ2v) is 5.83. The van der Waals surface area contributed by atoms with Gasteiger partial charge in [0.05, 0.1) is 23.1 Å². The first-order valence-corrected chi connectivity index (χ1v) is 7.95. The number of alkyl halides is 3. The van der Waals surface area contributed by atoms with E-state index in [0.717, 1.165) is 6.07 Å². The molecule has 5 nitrogen and oxygen atoms in total. The number of aromatic nitrogens is 4. The summed E-state index contributed by atoms with van der Waals surface area (Å²) in [5, 5.41) is 9.23. The third kappa shape index (κ3) is 2.95. The van der Waals surface area contributed by atoms with Crippen molar-refractivity contribution in [3.05, 3.63) is 72.1 Å². The lowest BCUT2D eigenvalue weighted by molar-refractivity contribution is -0.141. The van der Waals surface area contributed by atoms with Crippen molar-refractivity contribution in [2.24, 2.45) is 0 Å². The molecule has 9 heteroatoms. The van der Waals surface area contributed by atoms with Crippen LogP contribution in [0.3, 0.4) is 0 Å². The maximum absolute atomic E-state index is 14.4. The Morgan fingerprint density at radius 3 is 2.64 bits per heavy atom. The summed E-state index contributed by atoms with van der Waals surface area (Å²) in [6, 6.07) is 10.0. The number of pyridine rings is 1. The standard InChI is InChI=1S/C19H9F4N5/c20-14-4-3-11(8-13(14)17-12(9-24)2-1-6-25-17)15-10-26-18-27-16(19(21,22)23)5-7-28(15)18/h1-8,10H. The van der Waals surface area contributed by atoms with Gasteiger partial charge in [-0.05, 0) is 36.4 Å². The fourth-order valence-electron chi connectivity index (χ4n) is 2.82. The van der Waals surface area contributed by atoms with Gasteiger partial charge in [-0.25, -0.2) is 14.4 Å². The maximum atomic E-state index is 14.4. The third-order valence-corrected chi connectivity index (χ3v) is 4.12. The predicted molar refractivity (Wildman–Crippen MR) is 91.3 cm³/mol. The van der Waals surface area contributed by atoms with E-state index in [-0.39, 0.29) is 22.6 Å². The highest BCUT2D eigenvalue weighted by Gasteiger charge is 2.33. The molecule has 0 atom stereocenters. The quantitative estimate of drug-likeness (QED) is 0.479. The predicted octanol–water partition coefficient (Wildman–Crippen LogP) is 4.49. The second kappa shape index (κ2) is 6.42. The average molecular weight is 383 g/mol. The van der Waals surface area contributed by atoms with E-state index in [2.05, 4.69) is 15.0 Å². The molecule has 0 unspecified atom stereocenters. The number of hydrogen-bond donors (Lipinski definition) is 0. The minimum Gasteiger partial charge on any atom is -0.284 e. The third-order valence-electron chi connectivity index (χ3n) is 4.12. The number of nitriles is 1. The topological polar surface area (TPSA) is 66.9 Å². The molecule has 0 spiro atoms. The van der Waals surface area contributed by atoms with Crippen LogP contribution >= 0.6 is 0 Å².